The molecule has 6 heteroatoms. The van der Waals surface area contributed by atoms with Gasteiger partial charge in [-0.15, -0.1) is 0 Å². The van der Waals surface area contributed by atoms with Crippen LogP contribution >= 0.6 is 0 Å². The van der Waals surface area contributed by atoms with Crippen LogP contribution in [-0.2, 0) is 6.54 Å². The second kappa shape index (κ2) is 7.10. The van der Waals surface area contributed by atoms with Gasteiger partial charge in [-0.1, -0.05) is 25.0 Å². The summed E-state index contributed by atoms with van der Waals surface area (Å²) in [5.74, 6) is 0.724. The maximum Gasteiger partial charge on any atom is 0.261 e. The second-order valence-electron chi connectivity index (χ2n) is 7.73. The molecule has 140 valence electrons. The van der Waals surface area contributed by atoms with Crippen LogP contribution in [0.1, 0.15) is 50.4 Å². The third-order valence-electron chi connectivity index (χ3n) is 5.91. The largest absolute Gasteiger partial charge is 0.395 e. The molecule has 1 saturated heterocycles. The molecule has 0 amide bonds. The molecule has 2 aromatic rings. The minimum atomic E-state index is -0.610. The SMILES string of the molecule is O=c1c2ccccc2nc(C2CCCN2CC2(O)CCCC2)n1CCO. The second-order valence-corrected chi connectivity index (χ2v) is 7.73. The lowest BCUT2D eigenvalue weighted by Crippen LogP contribution is -2.42. The molecule has 2 fully saturated rings. The Balaban J connectivity index is 1.74. The molecule has 6 nitrogen and oxygen atoms in total. The lowest BCUT2D eigenvalue weighted by Gasteiger charge is -2.33. The molecule has 1 aliphatic carbocycles. The fourth-order valence-corrected chi connectivity index (χ4v) is 4.63. The summed E-state index contributed by atoms with van der Waals surface area (Å²) in [5.41, 5.74) is 0.000785. The number of β-amino-alcohol motifs (C(OH)–C–C–N with tert-alkyl or cyclic N) is 1. The molecular weight excluding hydrogens is 330 g/mol. The van der Waals surface area contributed by atoms with Gasteiger partial charge in [0.1, 0.15) is 5.82 Å². The summed E-state index contributed by atoms with van der Waals surface area (Å²) in [6, 6.07) is 7.40. The average Bonchev–Trinajstić information content (AvgIpc) is 3.27. The molecule has 1 atom stereocenters. The number of fused-ring (bicyclic) bond motifs is 1. The van der Waals surface area contributed by atoms with Gasteiger partial charge in [0.05, 0.1) is 35.7 Å². The molecule has 2 heterocycles. The summed E-state index contributed by atoms with van der Waals surface area (Å²) in [6.45, 7) is 1.71. The van der Waals surface area contributed by atoms with Gasteiger partial charge in [0.25, 0.3) is 5.56 Å². The first-order valence-electron chi connectivity index (χ1n) is 9.68. The van der Waals surface area contributed by atoms with Gasteiger partial charge < -0.3 is 10.2 Å². The van der Waals surface area contributed by atoms with Gasteiger partial charge in [0, 0.05) is 6.54 Å². The Labute approximate surface area is 153 Å². The van der Waals surface area contributed by atoms with E-state index in [1.54, 1.807) is 10.6 Å². The highest BCUT2D eigenvalue weighted by Gasteiger charge is 2.38. The Morgan fingerprint density at radius 3 is 2.73 bits per heavy atom. The molecule has 1 saturated carbocycles. The van der Waals surface area contributed by atoms with Crippen LogP contribution in [0.4, 0.5) is 0 Å². The predicted molar refractivity (Wildman–Crippen MR) is 100 cm³/mol. The summed E-state index contributed by atoms with van der Waals surface area (Å²) in [6.07, 6.45) is 5.82. The van der Waals surface area contributed by atoms with Crippen LogP contribution in [0.15, 0.2) is 29.1 Å². The van der Waals surface area contributed by atoms with Crippen LogP contribution in [-0.4, -0.2) is 50.0 Å². The maximum atomic E-state index is 13.0. The van der Waals surface area contributed by atoms with Crippen molar-refractivity contribution in [3.05, 3.63) is 40.4 Å². The van der Waals surface area contributed by atoms with E-state index in [-0.39, 0.29) is 24.8 Å². The highest BCUT2D eigenvalue weighted by Crippen LogP contribution is 2.36. The minimum Gasteiger partial charge on any atom is -0.395 e. The van der Waals surface area contributed by atoms with Gasteiger partial charge in [-0.05, 0) is 44.4 Å². The van der Waals surface area contributed by atoms with Crippen LogP contribution in [0.5, 0.6) is 0 Å². The fraction of sp³-hybridized carbons (Fsp3) is 0.600. The zero-order chi connectivity index (χ0) is 18.1. The normalized spacial score (nSPS) is 23.1. The highest BCUT2D eigenvalue weighted by atomic mass is 16.3. The number of likely N-dealkylation sites (tertiary alicyclic amines) is 1. The van der Waals surface area contributed by atoms with E-state index < -0.39 is 5.60 Å². The molecule has 0 radical (unpaired) electrons. The molecule has 2 N–H and O–H groups in total. The van der Waals surface area contributed by atoms with Gasteiger partial charge >= 0.3 is 0 Å². The fourth-order valence-electron chi connectivity index (χ4n) is 4.63. The van der Waals surface area contributed by atoms with Crippen molar-refractivity contribution >= 4 is 10.9 Å². The van der Waals surface area contributed by atoms with Gasteiger partial charge in [-0.3, -0.25) is 14.3 Å². The van der Waals surface area contributed by atoms with Crippen molar-refractivity contribution in [2.75, 3.05) is 19.7 Å². The molecule has 0 spiro atoms. The van der Waals surface area contributed by atoms with Crippen molar-refractivity contribution in [3.63, 3.8) is 0 Å². The van der Waals surface area contributed by atoms with Crippen molar-refractivity contribution in [2.24, 2.45) is 0 Å². The number of benzene rings is 1. The Kier molecular flexibility index (Phi) is 4.82. The van der Waals surface area contributed by atoms with E-state index in [4.69, 9.17) is 4.98 Å². The Hall–Kier alpha value is -1.76. The van der Waals surface area contributed by atoms with Gasteiger partial charge in [-0.2, -0.15) is 0 Å². The van der Waals surface area contributed by atoms with Crippen molar-refractivity contribution in [2.45, 2.75) is 56.7 Å². The molecule has 2 aliphatic rings. The van der Waals surface area contributed by atoms with E-state index in [2.05, 4.69) is 4.90 Å². The van der Waals surface area contributed by atoms with Crippen molar-refractivity contribution < 1.29 is 10.2 Å². The number of aliphatic hydroxyl groups is 2. The number of aliphatic hydroxyl groups excluding tert-OH is 1. The minimum absolute atomic E-state index is 0.0171. The van der Waals surface area contributed by atoms with E-state index in [0.717, 1.165) is 50.9 Å². The Morgan fingerprint density at radius 1 is 1.19 bits per heavy atom. The standard InChI is InChI=1S/C20H27N3O3/c24-13-12-23-18(21-16-7-2-1-6-15(16)19(23)25)17-8-5-11-22(17)14-20(26)9-3-4-10-20/h1-2,6-7,17,24,26H,3-5,8-14H2. The zero-order valence-corrected chi connectivity index (χ0v) is 15.1. The zero-order valence-electron chi connectivity index (χ0n) is 15.1. The Bertz CT molecular complexity index is 842. The first-order valence-corrected chi connectivity index (χ1v) is 9.68. The van der Waals surface area contributed by atoms with Crippen LogP contribution < -0.4 is 5.56 Å². The lowest BCUT2D eigenvalue weighted by molar-refractivity contribution is 0.00413. The Morgan fingerprint density at radius 2 is 1.96 bits per heavy atom. The average molecular weight is 357 g/mol. The van der Waals surface area contributed by atoms with Crippen molar-refractivity contribution in [3.8, 4) is 0 Å². The summed E-state index contributed by atoms with van der Waals surface area (Å²) >= 11 is 0. The molecule has 26 heavy (non-hydrogen) atoms. The van der Waals surface area contributed by atoms with E-state index in [1.165, 1.54) is 0 Å². The molecular formula is C20H27N3O3. The third-order valence-corrected chi connectivity index (χ3v) is 5.91. The number of hydrogen-bond acceptors (Lipinski definition) is 5. The monoisotopic (exact) mass is 357 g/mol. The molecule has 1 aromatic heterocycles. The quantitative estimate of drug-likeness (QED) is 0.854. The van der Waals surface area contributed by atoms with E-state index in [9.17, 15) is 15.0 Å². The molecule has 4 rings (SSSR count). The highest BCUT2D eigenvalue weighted by molar-refractivity contribution is 5.77. The smallest absolute Gasteiger partial charge is 0.261 e. The van der Waals surface area contributed by atoms with Crippen molar-refractivity contribution in [1.29, 1.82) is 0 Å². The summed E-state index contributed by atoms with van der Waals surface area (Å²) < 4.78 is 1.63. The number of hydrogen-bond donors (Lipinski definition) is 2. The summed E-state index contributed by atoms with van der Waals surface area (Å²) in [7, 11) is 0. The molecule has 1 aromatic carbocycles. The maximum absolute atomic E-state index is 13.0. The number of aromatic nitrogens is 2. The van der Waals surface area contributed by atoms with Gasteiger partial charge in [0.2, 0.25) is 0 Å². The predicted octanol–water partition coefficient (Wildman–Crippen LogP) is 1.83. The third kappa shape index (κ3) is 3.17. The van der Waals surface area contributed by atoms with Crippen LogP contribution in [0.3, 0.4) is 0 Å². The molecule has 1 aliphatic heterocycles. The number of rotatable bonds is 5. The first kappa shape index (κ1) is 17.6. The van der Waals surface area contributed by atoms with E-state index in [0.29, 0.717) is 17.4 Å². The van der Waals surface area contributed by atoms with Crippen LogP contribution in [0, 0.1) is 0 Å². The summed E-state index contributed by atoms with van der Waals surface area (Å²) in [4.78, 5) is 20.1. The van der Waals surface area contributed by atoms with E-state index >= 15 is 0 Å². The number of para-hydroxylation sites is 1. The van der Waals surface area contributed by atoms with Gasteiger partial charge in [-0.25, -0.2) is 4.98 Å². The lowest BCUT2D eigenvalue weighted by atomic mass is 10.0. The molecule has 1 unspecified atom stereocenters. The topological polar surface area (TPSA) is 78.6 Å². The summed E-state index contributed by atoms with van der Waals surface area (Å²) in [5, 5.41) is 20.9. The van der Waals surface area contributed by atoms with Crippen LogP contribution in [0.25, 0.3) is 10.9 Å². The first-order chi connectivity index (χ1) is 12.6. The van der Waals surface area contributed by atoms with Gasteiger partial charge in [0.15, 0.2) is 0 Å². The number of nitrogens with zero attached hydrogens (tertiary/aromatic N) is 3. The van der Waals surface area contributed by atoms with Crippen molar-refractivity contribution in [1.82, 2.24) is 14.5 Å². The molecule has 0 bridgehead atoms. The van der Waals surface area contributed by atoms with E-state index in [1.807, 2.05) is 18.2 Å². The van der Waals surface area contributed by atoms with Crippen LogP contribution in [0.2, 0.25) is 0 Å².